The van der Waals surface area contributed by atoms with E-state index in [4.69, 9.17) is 4.74 Å². The van der Waals surface area contributed by atoms with Gasteiger partial charge in [0.05, 0.1) is 15.7 Å². The molecule has 2 aromatic rings. The number of rotatable bonds is 1. The van der Waals surface area contributed by atoms with Crippen LogP contribution >= 0.6 is 31.9 Å². The lowest BCUT2D eigenvalue weighted by molar-refractivity contribution is 0.0540. The highest BCUT2D eigenvalue weighted by atomic mass is 79.9. The summed E-state index contributed by atoms with van der Waals surface area (Å²) in [7, 11) is 0. The lowest BCUT2D eigenvalue weighted by Gasteiger charge is -2.20. The van der Waals surface area contributed by atoms with Gasteiger partial charge in [-0.15, -0.1) is 0 Å². The topological polar surface area (TPSA) is 31.2 Å². The maximum atomic E-state index is 14.2. The molecular formula is C15H12Br2F3NO2. The number of hydrogen-bond acceptors (Lipinski definition) is 2. The van der Waals surface area contributed by atoms with Gasteiger partial charge in [0.25, 0.3) is 0 Å². The Balaban J connectivity index is 2.63. The molecule has 0 aliphatic carbocycles. The third-order valence-electron chi connectivity index (χ3n) is 2.75. The summed E-state index contributed by atoms with van der Waals surface area (Å²) in [4.78, 5) is 12.2. The summed E-state index contributed by atoms with van der Waals surface area (Å²) >= 11 is 5.87. The molecule has 0 aliphatic heterocycles. The molecule has 23 heavy (non-hydrogen) atoms. The number of halogens is 5. The lowest BCUT2D eigenvalue weighted by Crippen LogP contribution is -2.27. The van der Waals surface area contributed by atoms with E-state index in [9.17, 15) is 18.0 Å². The molecule has 0 atom stereocenters. The van der Waals surface area contributed by atoms with Crippen LogP contribution in [0.5, 0.6) is 0 Å². The standard InChI is InChI=1S/C15H12Br2F3NO2/c1-15(2,3)23-14(22)21-6-7(16)4-10(21)11-9(18)5-8(17)12(19)13(11)20/h4-6H,1-3H3. The van der Waals surface area contributed by atoms with Crippen molar-refractivity contribution in [3.8, 4) is 11.3 Å². The molecule has 0 bridgehead atoms. The monoisotopic (exact) mass is 453 g/mol. The van der Waals surface area contributed by atoms with Gasteiger partial charge in [-0.05, 0) is 64.8 Å². The predicted octanol–water partition coefficient (Wildman–Crippen LogP) is 5.88. The first-order valence-corrected chi connectivity index (χ1v) is 8.04. The Bertz CT molecular complexity index is 782. The number of carbonyl (C=O) groups is 1. The summed E-state index contributed by atoms with van der Waals surface area (Å²) in [6.45, 7) is 4.97. The highest BCUT2D eigenvalue weighted by Crippen LogP contribution is 2.34. The Morgan fingerprint density at radius 3 is 2.30 bits per heavy atom. The van der Waals surface area contributed by atoms with Crippen molar-refractivity contribution in [1.29, 1.82) is 0 Å². The van der Waals surface area contributed by atoms with Gasteiger partial charge in [-0.25, -0.2) is 18.0 Å². The lowest BCUT2D eigenvalue weighted by atomic mass is 10.1. The molecule has 0 fully saturated rings. The molecule has 3 nitrogen and oxygen atoms in total. The summed E-state index contributed by atoms with van der Waals surface area (Å²) < 4.78 is 48.2. The minimum Gasteiger partial charge on any atom is -0.443 e. The van der Waals surface area contributed by atoms with Crippen LogP contribution in [0, 0.1) is 17.5 Å². The zero-order valence-corrected chi connectivity index (χ0v) is 15.6. The number of carbonyl (C=O) groups excluding carboxylic acids is 1. The van der Waals surface area contributed by atoms with Crippen LogP contribution in [0.1, 0.15) is 20.8 Å². The van der Waals surface area contributed by atoms with Crippen LogP contribution in [-0.4, -0.2) is 16.3 Å². The molecule has 1 aromatic carbocycles. The van der Waals surface area contributed by atoms with Crippen molar-refractivity contribution in [2.45, 2.75) is 26.4 Å². The minimum absolute atomic E-state index is 0.160. The maximum Gasteiger partial charge on any atom is 0.419 e. The van der Waals surface area contributed by atoms with Crippen molar-refractivity contribution >= 4 is 38.0 Å². The second-order valence-corrected chi connectivity index (χ2v) is 7.51. The van der Waals surface area contributed by atoms with Gasteiger partial charge in [-0.2, -0.15) is 0 Å². The molecule has 0 N–H and O–H groups in total. The van der Waals surface area contributed by atoms with Crippen molar-refractivity contribution in [2.75, 3.05) is 0 Å². The number of hydrogen-bond donors (Lipinski definition) is 0. The second kappa shape index (κ2) is 6.32. The minimum atomic E-state index is -1.40. The van der Waals surface area contributed by atoms with Crippen molar-refractivity contribution in [3.63, 3.8) is 0 Å². The molecule has 0 amide bonds. The van der Waals surface area contributed by atoms with Gasteiger partial charge in [-0.3, -0.25) is 4.57 Å². The first kappa shape index (κ1) is 18.1. The van der Waals surface area contributed by atoms with Crippen molar-refractivity contribution in [2.24, 2.45) is 0 Å². The fourth-order valence-electron chi connectivity index (χ4n) is 1.89. The average molecular weight is 455 g/mol. The van der Waals surface area contributed by atoms with Crippen LogP contribution in [0.2, 0.25) is 0 Å². The Kier molecular flexibility index (Phi) is 4.96. The average Bonchev–Trinajstić information content (AvgIpc) is 2.76. The van der Waals surface area contributed by atoms with Gasteiger partial charge in [0, 0.05) is 10.7 Å². The molecule has 2 rings (SSSR count). The summed E-state index contributed by atoms with van der Waals surface area (Å²) in [6.07, 6.45) is 0.461. The summed E-state index contributed by atoms with van der Waals surface area (Å²) in [5.41, 5.74) is -1.61. The smallest absolute Gasteiger partial charge is 0.419 e. The molecule has 1 aromatic heterocycles. The molecular weight excluding hydrogens is 443 g/mol. The number of nitrogens with zero attached hydrogens (tertiary/aromatic N) is 1. The summed E-state index contributed by atoms with van der Waals surface area (Å²) in [5.74, 6) is -3.65. The van der Waals surface area contributed by atoms with Gasteiger partial charge in [0.1, 0.15) is 11.4 Å². The van der Waals surface area contributed by atoms with E-state index in [-0.39, 0.29) is 10.2 Å². The van der Waals surface area contributed by atoms with Crippen molar-refractivity contribution in [1.82, 2.24) is 4.57 Å². The molecule has 0 saturated carbocycles. The summed E-state index contributed by atoms with van der Waals surface area (Å²) in [5, 5.41) is 0. The fourth-order valence-corrected chi connectivity index (χ4v) is 2.68. The predicted molar refractivity (Wildman–Crippen MR) is 86.8 cm³/mol. The van der Waals surface area contributed by atoms with E-state index in [1.165, 1.54) is 12.3 Å². The van der Waals surface area contributed by atoms with E-state index in [1.807, 2.05) is 0 Å². The van der Waals surface area contributed by atoms with E-state index in [2.05, 4.69) is 31.9 Å². The van der Waals surface area contributed by atoms with Crippen molar-refractivity contribution < 1.29 is 22.7 Å². The quantitative estimate of drug-likeness (QED) is 0.398. The Labute approximate surface area is 147 Å². The van der Waals surface area contributed by atoms with E-state index in [0.29, 0.717) is 4.47 Å². The van der Waals surface area contributed by atoms with Crippen molar-refractivity contribution in [3.05, 3.63) is 44.7 Å². The van der Waals surface area contributed by atoms with Crippen LogP contribution in [0.3, 0.4) is 0 Å². The van der Waals surface area contributed by atoms with Crippen LogP contribution < -0.4 is 0 Å². The van der Waals surface area contributed by atoms with Crippen LogP contribution in [0.25, 0.3) is 11.3 Å². The van der Waals surface area contributed by atoms with E-state index < -0.39 is 34.7 Å². The molecule has 1 heterocycles. The molecule has 0 saturated heterocycles. The Hall–Kier alpha value is -1.28. The van der Waals surface area contributed by atoms with Gasteiger partial charge in [-0.1, -0.05) is 0 Å². The number of benzene rings is 1. The fraction of sp³-hybridized carbons (Fsp3) is 0.267. The highest BCUT2D eigenvalue weighted by molar-refractivity contribution is 9.10. The molecule has 0 radical (unpaired) electrons. The first-order valence-electron chi connectivity index (χ1n) is 6.46. The zero-order valence-electron chi connectivity index (χ0n) is 12.4. The first-order chi connectivity index (χ1) is 10.5. The van der Waals surface area contributed by atoms with Crippen LogP contribution in [0.15, 0.2) is 27.3 Å². The van der Waals surface area contributed by atoms with Gasteiger partial charge >= 0.3 is 6.09 Å². The third-order valence-corrected chi connectivity index (χ3v) is 3.76. The maximum absolute atomic E-state index is 14.2. The van der Waals surface area contributed by atoms with E-state index in [0.717, 1.165) is 10.6 Å². The molecule has 124 valence electrons. The van der Waals surface area contributed by atoms with Gasteiger partial charge < -0.3 is 4.74 Å². The number of aromatic nitrogens is 1. The SMILES string of the molecule is CC(C)(C)OC(=O)n1cc(Br)cc1-c1c(F)cc(Br)c(F)c1F. The molecule has 8 heteroatoms. The van der Waals surface area contributed by atoms with E-state index >= 15 is 0 Å². The Morgan fingerprint density at radius 1 is 1.13 bits per heavy atom. The molecule has 0 unspecified atom stereocenters. The highest BCUT2D eigenvalue weighted by Gasteiger charge is 2.26. The summed E-state index contributed by atoms with van der Waals surface area (Å²) in [6, 6.07) is 2.10. The zero-order chi connectivity index (χ0) is 17.5. The number of ether oxygens (including phenoxy) is 1. The molecule has 0 spiro atoms. The normalized spacial score (nSPS) is 11.7. The van der Waals surface area contributed by atoms with Gasteiger partial charge in [0.15, 0.2) is 11.6 Å². The Morgan fingerprint density at radius 2 is 1.74 bits per heavy atom. The van der Waals surface area contributed by atoms with Crippen LogP contribution in [0.4, 0.5) is 18.0 Å². The van der Waals surface area contributed by atoms with Gasteiger partial charge in [0.2, 0.25) is 0 Å². The van der Waals surface area contributed by atoms with E-state index in [1.54, 1.807) is 20.8 Å². The van der Waals surface area contributed by atoms with Crippen LogP contribution in [-0.2, 0) is 4.74 Å². The second-order valence-electron chi connectivity index (χ2n) is 5.74. The largest absolute Gasteiger partial charge is 0.443 e. The third kappa shape index (κ3) is 3.80. The molecule has 0 aliphatic rings.